The molecule has 3 rings (SSSR count). The van der Waals surface area contributed by atoms with Gasteiger partial charge < -0.3 is 5.32 Å². The van der Waals surface area contributed by atoms with E-state index in [0.717, 1.165) is 22.8 Å². The predicted molar refractivity (Wildman–Crippen MR) is 86.5 cm³/mol. The van der Waals surface area contributed by atoms with E-state index in [1.54, 1.807) is 6.20 Å². The highest BCUT2D eigenvalue weighted by Crippen LogP contribution is 2.20. The van der Waals surface area contributed by atoms with Crippen molar-refractivity contribution in [3.63, 3.8) is 0 Å². The largest absolute Gasteiger partial charge is 0.381 e. The molecule has 1 N–H and O–H groups in total. The number of benzene rings is 2. The average molecular weight is 298 g/mol. The molecule has 0 aliphatic carbocycles. The van der Waals surface area contributed by atoms with Crippen LogP contribution in [-0.2, 0) is 13.1 Å². The minimum absolute atomic E-state index is 0.704. The second kappa shape index (κ2) is 6.46. The van der Waals surface area contributed by atoms with E-state index in [1.165, 1.54) is 5.56 Å². The zero-order valence-electron chi connectivity index (χ0n) is 11.5. The Morgan fingerprint density at radius 2 is 1.71 bits per heavy atom. The minimum Gasteiger partial charge on any atom is -0.381 e. The molecule has 0 amide bonds. The summed E-state index contributed by atoms with van der Waals surface area (Å²) in [6.07, 6.45) is 3.75. The zero-order chi connectivity index (χ0) is 14.5. The van der Waals surface area contributed by atoms with Gasteiger partial charge in [-0.1, -0.05) is 48.0 Å². The van der Waals surface area contributed by atoms with Crippen LogP contribution in [0, 0.1) is 0 Å². The number of aromatic nitrogens is 2. The lowest BCUT2D eigenvalue weighted by Crippen LogP contribution is -2.06. The molecule has 0 bridgehead atoms. The number of para-hydroxylation sites is 1. The smallest absolute Gasteiger partial charge is 0.0679 e. The molecule has 0 aliphatic heterocycles. The van der Waals surface area contributed by atoms with Crippen molar-refractivity contribution >= 4 is 17.3 Å². The molecular weight excluding hydrogens is 282 g/mol. The topological polar surface area (TPSA) is 29.9 Å². The molecule has 0 unspecified atom stereocenters. The molecule has 106 valence electrons. The zero-order valence-corrected chi connectivity index (χ0v) is 12.3. The molecule has 0 saturated heterocycles. The van der Waals surface area contributed by atoms with Gasteiger partial charge in [-0.25, -0.2) is 0 Å². The molecule has 0 aliphatic rings. The second-order valence-electron chi connectivity index (χ2n) is 4.81. The average Bonchev–Trinajstić information content (AvgIpc) is 3.01. The number of rotatable bonds is 5. The Morgan fingerprint density at radius 3 is 2.48 bits per heavy atom. The van der Waals surface area contributed by atoms with E-state index in [-0.39, 0.29) is 0 Å². The minimum atomic E-state index is 0.704. The summed E-state index contributed by atoms with van der Waals surface area (Å²) in [5.74, 6) is 0. The first kappa shape index (κ1) is 13.7. The van der Waals surface area contributed by atoms with Gasteiger partial charge in [0.1, 0.15) is 0 Å². The number of nitrogens with one attached hydrogen (secondary N) is 1. The second-order valence-corrected chi connectivity index (χ2v) is 5.21. The SMILES string of the molecule is Clc1ccccc1CNc1ccccc1Cn1cccn1. The van der Waals surface area contributed by atoms with Gasteiger partial charge in [0, 0.05) is 29.6 Å². The van der Waals surface area contributed by atoms with Gasteiger partial charge in [0.2, 0.25) is 0 Å². The van der Waals surface area contributed by atoms with Crippen LogP contribution in [0.3, 0.4) is 0 Å². The van der Waals surface area contributed by atoms with Crippen LogP contribution in [0.25, 0.3) is 0 Å². The summed E-state index contributed by atoms with van der Waals surface area (Å²) in [6, 6.07) is 18.1. The first-order valence-electron chi connectivity index (χ1n) is 6.85. The Morgan fingerprint density at radius 1 is 0.952 bits per heavy atom. The number of halogens is 1. The van der Waals surface area contributed by atoms with Crippen LogP contribution < -0.4 is 5.32 Å². The normalized spacial score (nSPS) is 10.5. The van der Waals surface area contributed by atoms with Gasteiger partial charge in [0.25, 0.3) is 0 Å². The predicted octanol–water partition coefficient (Wildman–Crippen LogP) is 4.20. The van der Waals surface area contributed by atoms with Crippen LogP contribution in [0.15, 0.2) is 67.0 Å². The van der Waals surface area contributed by atoms with Gasteiger partial charge in [0.05, 0.1) is 6.54 Å². The lowest BCUT2D eigenvalue weighted by molar-refractivity contribution is 0.687. The maximum atomic E-state index is 6.19. The van der Waals surface area contributed by atoms with Crippen molar-refractivity contribution in [1.29, 1.82) is 0 Å². The molecular formula is C17H16ClN3. The van der Waals surface area contributed by atoms with E-state index in [2.05, 4.69) is 22.5 Å². The van der Waals surface area contributed by atoms with Crippen LogP contribution in [0.5, 0.6) is 0 Å². The summed E-state index contributed by atoms with van der Waals surface area (Å²) in [5, 5.41) is 8.50. The molecule has 0 atom stereocenters. The highest BCUT2D eigenvalue weighted by atomic mass is 35.5. The van der Waals surface area contributed by atoms with E-state index in [4.69, 9.17) is 11.6 Å². The molecule has 3 nitrogen and oxygen atoms in total. The van der Waals surface area contributed by atoms with Crippen LogP contribution >= 0.6 is 11.6 Å². The van der Waals surface area contributed by atoms with Crippen LogP contribution in [0.1, 0.15) is 11.1 Å². The lowest BCUT2D eigenvalue weighted by Gasteiger charge is -2.13. The van der Waals surface area contributed by atoms with Crippen LogP contribution in [-0.4, -0.2) is 9.78 Å². The van der Waals surface area contributed by atoms with Crippen molar-refractivity contribution in [1.82, 2.24) is 9.78 Å². The molecule has 4 heteroatoms. The van der Waals surface area contributed by atoms with E-state index in [0.29, 0.717) is 6.54 Å². The maximum absolute atomic E-state index is 6.19. The highest BCUT2D eigenvalue weighted by Gasteiger charge is 2.04. The van der Waals surface area contributed by atoms with Crippen LogP contribution in [0.4, 0.5) is 5.69 Å². The third kappa shape index (κ3) is 3.44. The molecule has 3 aromatic rings. The number of hydrogen-bond donors (Lipinski definition) is 1. The maximum Gasteiger partial charge on any atom is 0.0679 e. The fraction of sp³-hybridized carbons (Fsp3) is 0.118. The lowest BCUT2D eigenvalue weighted by atomic mass is 10.1. The summed E-state index contributed by atoms with van der Waals surface area (Å²) in [4.78, 5) is 0. The molecule has 0 radical (unpaired) electrons. The third-order valence-corrected chi connectivity index (χ3v) is 3.70. The fourth-order valence-electron chi connectivity index (χ4n) is 2.23. The quantitative estimate of drug-likeness (QED) is 0.765. The molecule has 0 fully saturated rings. The molecule has 1 heterocycles. The molecule has 1 aromatic heterocycles. The molecule has 2 aromatic carbocycles. The molecule has 21 heavy (non-hydrogen) atoms. The monoisotopic (exact) mass is 297 g/mol. The van der Waals surface area contributed by atoms with Gasteiger partial charge in [-0.15, -0.1) is 0 Å². The van der Waals surface area contributed by atoms with Gasteiger partial charge in [-0.3, -0.25) is 4.68 Å². The van der Waals surface area contributed by atoms with Gasteiger partial charge in [-0.2, -0.15) is 5.10 Å². The highest BCUT2D eigenvalue weighted by molar-refractivity contribution is 6.31. The van der Waals surface area contributed by atoms with Gasteiger partial charge >= 0.3 is 0 Å². The van der Waals surface area contributed by atoms with E-state index in [9.17, 15) is 0 Å². The Bertz CT molecular complexity index is 708. The first-order valence-corrected chi connectivity index (χ1v) is 7.23. The van der Waals surface area contributed by atoms with Crippen molar-refractivity contribution in [3.8, 4) is 0 Å². The summed E-state index contributed by atoms with van der Waals surface area (Å²) in [7, 11) is 0. The fourth-order valence-corrected chi connectivity index (χ4v) is 2.43. The van der Waals surface area contributed by atoms with Crippen molar-refractivity contribution in [2.24, 2.45) is 0 Å². The third-order valence-electron chi connectivity index (χ3n) is 3.34. The molecule has 0 saturated carbocycles. The number of hydrogen-bond acceptors (Lipinski definition) is 2. The van der Waals surface area contributed by atoms with Gasteiger partial charge in [-0.05, 0) is 29.3 Å². The van der Waals surface area contributed by atoms with Crippen molar-refractivity contribution in [2.45, 2.75) is 13.1 Å². The Kier molecular flexibility index (Phi) is 4.22. The van der Waals surface area contributed by atoms with E-state index < -0.39 is 0 Å². The summed E-state index contributed by atoms with van der Waals surface area (Å²) >= 11 is 6.19. The standard InChI is InChI=1S/C17H16ClN3/c18-16-8-3-1-6-14(16)12-19-17-9-4-2-7-15(17)13-21-11-5-10-20-21/h1-11,19H,12-13H2. The Balaban J connectivity index is 1.75. The molecule has 0 spiro atoms. The summed E-state index contributed by atoms with van der Waals surface area (Å²) in [6.45, 7) is 1.45. The van der Waals surface area contributed by atoms with E-state index in [1.807, 2.05) is 53.3 Å². The van der Waals surface area contributed by atoms with Crippen LogP contribution in [0.2, 0.25) is 5.02 Å². The first-order chi connectivity index (χ1) is 10.3. The van der Waals surface area contributed by atoms with Gasteiger partial charge in [0.15, 0.2) is 0 Å². The van der Waals surface area contributed by atoms with Crippen molar-refractivity contribution < 1.29 is 0 Å². The number of anilines is 1. The summed E-state index contributed by atoms with van der Waals surface area (Å²) < 4.78 is 1.91. The van der Waals surface area contributed by atoms with Crippen molar-refractivity contribution in [2.75, 3.05) is 5.32 Å². The summed E-state index contributed by atoms with van der Waals surface area (Å²) in [5.41, 5.74) is 3.40. The Hall–Kier alpha value is -2.26. The number of nitrogens with zero attached hydrogens (tertiary/aromatic N) is 2. The Labute approximate surface area is 129 Å². The van der Waals surface area contributed by atoms with E-state index >= 15 is 0 Å². The van der Waals surface area contributed by atoms with Crippen molar-refractivity contribution in [3.05, 3.63) is 83.1 Å².